The van der Waals surface area contributed by atoms with Crippen LogP contribution in [-0.2, 0) is 17.8 Å². The maximum absolute atomic E-state index is 12.8. The SMILES string of the molecule is Cc1nn(CC(=O)c2cc(C)n(C[C@@H]3CCCO3)c2C)c(C)c1[N+](=O)[O-]. The van der Waals surface area contributed by atoms with Crippen LogP contribution in [0.15, 0.2) is 6.07 Å². The van der Waals surface area contributed by atoms with Crippen molar-refractivity contribution in [3.8, 4) is 0 Å². The van der Waals surface area contributed by atoms with E-state index in [-0.39, 0.29) is 24.1 Å². The molecule has 0 bridgehead atoms. The number of nitro groups is 1. The smallest absolute Gasteiger partial charge is 0.312 e. The van der Waals surface area contributed by atoms with E-state index >= 15 is 0 Å². The van der Waals surface area contributed by atoms with Crippen LogP contribution in [0.1, 0.15) is 46.0 Å². The molecule has 140 valence electrons. The molecule has 1 fully saturated rings. The summed E-state index contributed by atoms with van der Waals surface area (Å²) in [5, 5.41) is 15.3. The van der Waals surface area contributed by atoms with E-state index in [0.29, 0.717) is 17.0 Å². The highest BCUT2D eigenvalue weighted by Crippen LogP contribution is 2.24. The Morgan fingerprint density at radius 2 is 2.08 bits per heavy atom. The summed E-state index contributed by atoms with van der Waals surface area (Å²) in [6.45, 7) is 8.64. The van der Waals surface area contributed by atoms with Gasteiger partial charge in [0.15, 0.2) is 5.78 Å². The number of ether oxygens (including phenoxy) is 1. The Balaban J connectivity index is 1.82. The monoisotopic (exact) mass is 360 g/mol. The second-order valence-electron chi connectivity index (χ2n) is 6.89. The summed E-state index contributed by atoms with van der Waals surface area (Å²) < 4.78 is 9.24. The molecule has 0 amide bonds. The molecule has 8 nitrogen and oxygen atoms in total. The van der Waals surface area contributed by atoms with Crippen LogP contribution in [0.2, 0.25) is 0 Å². The molecule has 0 radical (unpaired) electrons. The summed E-state index contributed by atoms with van der Waals surface area (Å²) in [6, 6.07) is 1.88. The maximum atomic E-state index is 12.8. The molecule has 2 aromatic rings. The number of aryl methyl sites for hydroxylation is 2. The van der Waals surface area contributed by atoms with Gasteiger partial charge in [0.1, 0.15) is 17.9 Å². The molecule has 26 heavy (non-hydrogen) atoms. The largest absolute Gasteiger partial charge is 0.376 e. The Bertz CT molecular complexity index is 859. The first-order chi connectivity index (χ1) is 12.3. The van der Waals surface area contributed by atoms with Crippen molar-refractivity contribution in [1.82, 2.24) is 14.3 Å². The third-order valence-corrected chi connectivity index (χ3v) is 5.10. The fourth-order valence-corrected chi connectivity index (χ4v) is 3.68. The standard InChI is InChI=1S/C18H24N4O4/c1-11-8-16(13(3)20(11)9-15-6-5-7-26-15)17(23)10-21-14(4)18(22(24)25)12(2)19-21/h8,15H,5-7,9-10H2,1-4H3/t15-/m0/s1. The van der Waals surface area contributed by atoms with Crippen molar-refractivity contribution in [2.75, 3.05) is 6.61 Å². The van der Waals surface area contributed by atoms with E-state index in [1.54, 1.807) is 13.8 Å². The van der Waals surface area contributed by atoms with Crippen LogP contribution < -0.4 is 0 Å². The summed E-state index contributed by atoms with van der Waals surface area (Å²) >= 11 is 0. The van der Waals surface area contributed by atoms with Gasteiger partial charge in [0, 0.05) is 30.1 Å². The van der Waals surface area contributed by atoms with Gasteiger partial charge in [-0.1, -0.05) is 0 Å². The molecule has 3 heterocycles. The van der Waals surface area contributed by atoms with Gasteiger partial charge in [0.05, 0.1) is 11.0 Å². The highest BCUT2D eigenvalue weighted by Gasteiger charge is 2.25. The van der Waals surface area contributed by atoms with E-state index in [4.69, 9.17) is 4.74 Å². The van der Waals surface area contributed by atoms with Crippen LogP contribution >= 0.6 is 0 Å². The number of hydrogen-bond donors (Lipinski definition) is 0. The Kier molecular flexibility index (Phi) is 4.95. The maximum Gasteiger partial charge on any atom is 0.312 e. The molecule has 1 saturated heterocycles. The predicted molar refractivity (Wildman–Crippen MR) is 95.6 cm³/mol. The first-order valence-corrected chi connectivity index (χ1v) is 8.79. The zero-order valence-corrected chi connectivity index (χ0v) is 15.6. The molecule has 1 aliphatic heterocycles. The van der Waals surface area contributed by atoms with Crippen LogP contribution in [0.5, 0.6) is 0 Å². The van der Waals surface area contributed by atoms with Crippen LogP contribution in [0, 0.1) is 37.8 Å². The molecular weight excluding hydrogens is 336 g/mol. The minimum Gasteiger partial charge on any atom is -0.376 e. The number of ketones is 1. The molecule has 0 saturated carbocycles. The van der Waals surface area contributed by atoms with E-state index in [1.165, 1.54) is 4.68 Å². The Labute approximate surface area is 151 Å². The number of nitrogens with zero attached hydrogens (tertiary/aromatic N) is 4. The Morgan fingerprint density at radius 3 is 2.65 bits per heavy atom. The molecule has 2 aromatic heterocycles. The van der Waals surface area contributed by atoms with E-state index in [0.717, 1.165) is 37.4 Å². The Hall–Kier alpha value is -2.48. The van der Waals surface area contributed by atoms with Crippen LogP contribution in [0.3, 0.4) is 0 Å². The van der Waals surface area contributed by atoms with E-state index in [9.17, 15) is 14.9 Å². The second kappa shape index (κ2) is 7.03. The van der Waals surface area contributed by atoms with Crippen LogP contribution in [-0.4, -0.2) is 37.8 Å². The topological polar surface area (TPSA) is 92.2 Å². The minimum absolute atomic E-state index is 0.00919. The average molecular weight is 360 g/mol. The second-order valence-corrected chi connectivity index (χ2v) is 6.89. The van der Waals surface area contributed by atoms with Gasteiger partial charge >= 0.3 is 5.69 Å². The van der Waals surface area contributed by atoms with Crippen LogP contribution in [0.4, 0.5) is 5.69 Å². The average Bonchev–Trinajstić information content (AvgIpc) is 3.24. The van der Waals surface area contributed by atoms with Crippen molar-refractivity contribution >= 4 is 11.5 Å². The zero-order valence-electron chi connectivity index (χ0n) is 15.6. The fraction of sp³-hybridized carbons (Fsp3) is 0.556. The van der Waals surface area contributed by atoms with Gasteiger partial charge in [-0.2, -0.15) is 5.10 Å². The van der Waals surface area contributed by atoms with E-state index < -0.39 is 4.92 Å². The van der Waals surface area contributed by atoms with Crippen molar-refractivity contribution in [2.24, 2.45) is 0 Å². The lowest BCUT2D eigenvalue weighted by Crippen LogP contribution is -2.18. The van der Waals surface area contributed by atoms with E-state index in [2.05, 4.69) is 9.67 Å². The number of aromatic nitrogens is 3. The van der Waals surface area contributed by atoms with Crippen molar-refractivity contribution in [3.63, 3.8) is 0 Å². The normalized spacial score (nSPS) is 17.0. The van der Waals surface area contributed by atoms with Gasteiger partial charge in [-0.25, -0.2) is 0 Å². The first-order valence-electron chi connectivity index (χ1n) is 8.79. The Morgan fingerprint density at radius 1 is 1.35 bits per heavy atom. The zero-order chi connectivity index (χ0) is 19.0. The van der Waals surface area contributed by atoms with Gasteiger partial charge in [-0.05, 0) is 46.6 Å². The fourth-order valence-electron chi connectivity index (χ4n) is 3.68. The predicted octanol–water partition coefficient (Wildman–Crippen LogP) is 2.89. The molecule has 8 heteroatoms. The molecule has 0 aliphatic carbocycles. The van der Waals surface area contributed by atoms with Gasteiger partial charge in [-0.15, -0.1) is 0 Å². The van der Waals surface area contributed by atoms with Gasteiger partial charge in [-0.3, -0.25) is 19.6 Å². The third kappa shape index (κ3) is 3.29. The van der Waals surface area contributed by atoms with Crippen molar-refractivity contribution in [2.45, 2.75) is 59.7 Å². The molecule has 1 aliphatic rings. The van der Waals surface area contributed by atoms with Crippen molar-refractivity contribution in [3.05, 3.63) is 44.5 Å². The third-order valence-electron chi connectivity index (χ3n) is 5.10. The number of Topliss-reactive ketones (excluding diaryl/α,β-unsaturated/α-hetero) is 1. The summed E-state index contributed by atoms with van der Waals surface area (Å²) in [4.78, 5) is 23.5. The number of carbonyl (C=O) groups is 1. The number of rotatable bonds is 6. The summed E-state index contributed by atoms with van der Waals surface area (Å²) in [5.41, 5.74) is 3.25. The van der Waals surface area contributed by atoms with Gasteiger partial charge in [0.25, 0.3) is 0 Å². The van der Waals surface area contributed by atoms with Crippen molar-refractivity contribution < 1.29 is 14.5 Å². The summed E-state index contributed by atoms with van der Waals surface area (Å²) in [6.07, 6.45) is 2.31. The number of hydrogen-bond acceptors (Lipinski definition) is 5. The summed E-state index contributed by atoms with van der Waals surface area (Å²) in [7, 11) is 0. The first kappa shape index (κ1) is 18.3. The van der Waals surface area contributed by atoms with E-state index in [1.807, 2.05) is 19.9 Å². The molecule has 0 unspecified atom stereocenters. The minimum atomic E-state index is -0.452. The molecule has 0 N–H and O–H groups in total. The molecule has 0 aromatic carbocycles. The van der Waals surface area contributed by atoms with Gasteiger partial charge < -0.3 is 9.30 Å². The highest BCUT2D eigenvalue weighted by molar-refractivity contribution is 5.97. The molecule has 3 rings (SSSR count). The highest BCUT2D eigenvalue weighted by atomic mass is 16.6. The molecule has 1 atom stereocenters. The van der Waals surface area contributed by atoms with Crippen molar-refractivity contribution in [1.29, 1.82) is 0 Å². The lowest BCUT2D eigenvalue weighted by atomic mass is 10.1. The quantitative estimate of drug-likeness (QED) is 0.449. The van der Waals surface area contributed by atoms with Crippen LogP contribution in [0.25, 0.3) is 0 Å². The number of carbonyl (C=O) groups excluding carboxylic acids is 1. The molecular formula is C18H24N4O4. The lowest BCUT2D eigenvalue weighted by Gasteiger charge is -2.14. The summed E-state index contributed by atoms with van der Waals surface area (Å²) in [5.74, 6) is -0.0998. The van der Waals surface area contributed by atoms with Gasteiger partial charge in [0.2, 0.25) is 0 Å². The lowest BCUT2D eigenvalue weighted by molar-refractivity contribution is -0.386. The molecule has 0 spiro atoms.